The molecule has 2 rings (SSSR count). The Bertz CT molecular complexity index is 475. The van der Waals surface area contributed by atoms with E-state index in [1.165, 1.54) is 37.7 Å². The van der Waals surface area contributed by atoms with Crippen molar-refractivity contribution in [3.05, 3.63) is 47.5 Å². The van der Waals surface area contributed by atoms with Gasteiger partial charge in [-0.15, -0.1) is 0 Å². The molecule has 0 aliphatic heterocycles. The van der Waals surface area contributed by atoms with Gasteiger partial charge in [-0.2, -0.15) is 5.26 Å². The van der Waals surface area contributed by atoms with Crippen LogP contribution < -0.4 is 0 Å². The average Bonchev–Trinajstić information content (AvgIpc) is 2.55. The number of rotatable bonds is 6. The Morgan fingerprint density at radius 3 is 2.33 bits per heavy atom. The molecule has 21 heavy (non-hydrogen) atoms. The second kappa shape index (κ2) is 8.62. The first-order valence-corrected chi connectivity index (χ1v) is 8.04. The molecular weight excluding hydrogens is 261 g/mol. The number of alkyl halides is 1. The van der Waals surface area contributed by atoms with Crippen molar-refractivity contribution in [1.29, 1.82) is 5.26 Å². The second-order valence-electron chi connectivity index (χ2n) is 5.98. The van der Waals surface area contributed by atoms with Crippen molar-refractivity contribution in [3.8, 4) is 6.07 Å². The van der Waals surface area contributed by atoms with E-state index in [2.05, 4.69) is 24.3 Å². The Labute approximate surface area is 127 Å². The Morgan fingerprint density at radius 1 is 1.05 bits per heavy atom. The molecule has 0 radical (unpaired) electrons. The van der Waals surface area contributed by atoms with Gasteiger partial charge in [-0.1, -0.05) is 24.3 Å². The predicted octanol–water partition coefficient (Wildman–Crippen LogP) is 5.53. The summed E-state index contributed by atoms with van der Waals surface area (Å²) >= 11 is 0. The van der Waals surface area contributed by atoms with Crippen molar-refractivity contribution in [1.82, 2.24) is 0 Å². The van der Waals surface area contributed by atoms with E-state index in [0.29, 0.717) is 12.3 Å². The molecule has 0 aromatic heterocycles. The molecule has 1 aromatic carbocycles. The summed E-state index contributed by atoms with van der Waals surface area (Å²) in [6, 6.07) is 10.3. The van der Waals surface area contributed by atoms with E-state index in [1.54, 1.807) is 0 Å². The average molecular weight is 285 g/mol. The van der Waals surface area contributed by atoms with E-state index in [-0.39, 0.29) is 6.67 Å². The van der Waals surface area contributed by atoms with Gasteiger partial charge in [-0.25, -0.2) is 0 Å². The van der Waals surface area contributed by atoms with E-state index in [1.807, 2.05) is 18.2 Å². The maximum atomic E-state index is 12.0. The van der Waals surface area contributed by atoms with Crippen molar-refractivity contribution >= 4 is 0 Å². The summed E-state index contributed by atoms with van der Waals surface area (Å²) in [5, 5.41) is 8.83. The molecule has 0 bridgehead atoms. The minimum atomic E-state index is -0.244. The van der Waals surface area contributed by atoms with Crippen molar-refractivity contribution < 1.29 is 4.39 Å². The fourth-order valence-corrected chi connectivity index (χ4v) is 3.24. The third-order valence-corrected chi connectivity index (χ3v) is 4.54. The molecule has 0 spiro atoms. The van der Waals surface area contributed by atoms with Crippen LogP contribution in [0.25, 0.3) is 0 Å². The number of nitrogens with zero attached hydrogens (tertiary/aromatic N) is 1. The van der Waals surface area contributed by atoms with Gasteiger partial charge in [0.15, 0.2) is 0 Å². The van der Waals surface area contributed by atoms with Gasteiger partial charge in [0.05, 0.1) is 18.3 Å². The van der Waals surface area contributed by atoms with Gasteiger partial charge in [0, 0.05) is 0 Å². The van der Waals surface area contributed by atoms with Crippen LogP contribution in [-0.2, 0) is 0 Å². The molecule has 0 amide bonds. The highest BCUT2D eigenvalue weighted by Crippen LogP contribution is 2.37. The SMILES string of the molecule is N#Cc1ccc(C2CCC(CCC=CCCF)CC2)cc1. The summed E-state index contributed by atoms with van der Waals surface area (Å²) in [6.07, 6.45) is 12.1. The third kappa shape index (κ3) is 5.01. The van der Waals surface area contributed by atoms with Crippen molar-refractivity contribution in [2.45, 2.75) is 50.9 Å². The first kappa shape index (κ1) is 15.8. The minimum Gasteiger partial charge on any atom is -0.251 e. The zero-order chi connectivity index (χ0) is 14.9. The normalized spacial score (nSPS) is 22.3. The Balaban J connectivity index is 1.73. The van der Waals surface area contributed by atoms with Crippen molar-refractivity contribution in [3.63, 3.8) is 0 Å². The topological polar surface area (TPSA) is 23.8 Å². The highest BCUT2D eigenvalue weighted by molar-refractivity contribution is 5.33. The number of hydrogen-bond donors (Lipinski definition) is 0. The number of halogens is 1. The third-order valence-electron chi connectivity index (χ3n) is 4.54. The molecule has 1 fully saturated rings. The maximum absolute atomic E-state index is 12.0. The molecule has 0 N–H and O–H groups in total. The van der Waals surface area contributed by atoms with Gasteiger partial charge in [-0.3, -0.25) is 4.39 Å². The van der Waals surface area contributed by atoms with E-state index < -0.39 is 0 Å². The summed E-state index contributed by atoms with van der Waals surface area (Å²) in [5.74, 6) is 1.49. The smallest absolute Gasteiger partial charge is 0.0991 e. The van der Waals surface area contributed by atoms with Crippen molar-refractivity contribution in [2.75, 3.05) is 6.67 Å². The maximum Gasteiger partial charge on any atom is 0.0991 e. The zero-order valence-corrected chi connectivity index (χ0v) is 12.6. The molecule has 2 heteroatoms. The Kier molecular flexibility index (Phi) is 6.47. The number of allylic oxidation sites excluding steroid dienone is 2. The molecule has 0 saturated heterocycles. The van der Waals surface area contributed by atoms with Crippen LogP contribution in [0.1, 0.15) is 62.0 Å². The standard InChI is InChI=1S/C19H24FN/c20-14-4-2-1-3-5-16-6-10-18(11-7-16)19-12-8-17(15-21)9-13-19/h1-2,8-9,12-13,16,18H,3-7,10-11,14H2. The highest BCUT2D eigenvalue weighted by atomic mass is 19.1. The lowest BCUT2D eigenvalue weighted by Gasteiger charge is -2.28. The first-order chi connectivity index (χ1) is 10.3. The zero-order valence-electron chi connectivity index (χ0n) is 12.6. The van der Waals surface area contributed by atoms with Gasteiger partial charge in [0.25, 0.3) is 0 Å². The van der Waals surface area contributed by atoms with Crippen LogP contribution in [0.4, 0.5) is 4.39 Å². The summed E-state index contributed by atoms with van der Waals surface area (Å²) in [6.45, 7) is -0.244. The molecule has 0 atom stereocenters. The summed E-state index contributed by atoms with van der Waals surface area (Å²) in [4.78, 5) is 0. The van der Waals surface area contributed by atoms with Gasteiger partial charge < -0.3 is 0 Å². The van der Waals surface area contributed by atoms with Crippen LogP contribution in [0.2, 0.25) is 0 Å². The number of hydrogen-bond acceptors (Lipinski definition) is 1. The predicted molar refractivity (Wildman–Crippen MR) is 84.8 cm³/mol. The van der Waals surface area contributed by atoms with Crippen molar-refractivity contribution in [2.24, 2.45) is 5.92 Å². The molecule has 0 heterocycles. The van der Waals surface area contributed by atoms with Gasteiger partial charge in [-0.05, 0) is 74.5 Å². The van der Waals surface area contributed by atoms with Crippen LogP contribution in [0, 0.1) is 17.2 Å². The minimum absolute atomic E-state index is 0.244. The quantitative estimate of drug-likeness (QED) is 0.630. The van der Waals surface area contributed by atoms with E-state index >= 15 is 0 Å². The molecule has 1 aliphatic rings. The molecule has 1 aromatic rings. The molecule has 1 aliphatic carbocycles. The molecule has 1 saturated carbocycles. The summed E-state index contributed by atoms with van der Waals surface area (Å²) in [7, 11) is 0. The molecule has 1 nitrogen and oxygen atoms in total. The lowest BCUT2D eigenvalue weighted by molar-refractivity contribution is 0.312. The van der Waals surface area contributed by atoms with Crippen LogP contribution in [0.3, 0.4) is 0 Å². The number of nitriles is 1. The van der Waals surface area contributed by atoms with Crippen LogP contribution >= 0.6 is 0 Å². The summed E-state index contributed by atoms with van der Waals surface area (Å²) < 4.78 is 12.0. The van der Waals surface area contributed by atoms with E-state index in [0.717, 1.165) is 17.9 Å². The second-order valence-corrected chi connectivity index (χ2v) is 5.98. The lowest BCUT2D eigenvalue weighted by Crippen LogP contribution is -2.13. The van der Waals surface area contributed by atoms with Crippen LogP contribution in [-0.4, -0.2) is 6.67 Å². The molecular formula is C19H24FN. The Hall–Kier alpha value is -1.62. The van der Waals surface area contributed by atoms with Gasteiger partial charge in [0.1, 0.15) is 0 Å². The number of benzene rings is 1. The van der Waals surface area contributed by atoms with E-state index in [9.17, 15) is 4.39 Å². The molecule has 112 valence electrons. The van der Waals surface area contributed by atoms with Crippen LogP contribution in [0.15, 0.2) is 36.4 Å². The van der Waals surface area contributed by atoms with Gasteiger partial charge >= 0.3 is 0 Å². The first-order valence-electron chi connectivity index (χ1n) is 8.04. The largest absolute Gasteiger partial charge is 0.251 e. The van der Waals surface area contributed by atoms with Crippen LogP contribution in [0.5, 0.6) is 0 Å². The van der Waals surface area contributed by atoms with E-state index in [4.69, 9.17) is 5.26 Å². The van der Waals surface area contributed by atoms with Gasteiger partial charge in [0.2, 0.25) is 0 Å². The fraction of sp³-hybridized carbons (Fsp3) is 0.526. The summed E-state index contributed by atoms with van der Waals surface area (Å²) in [5.41, 5.74) is 2.13. The Morgan fingerprint density at radius 2 is 1.71 bits per heavy atom. The molecule has 0 unspecified atom stereocenters. The monoisotopic (exact) mass is 285 g/mol. The lowest BCUT2D eigenvalue weighted by atomic mass is 9.77. The fourth-order valence-electron chi connectivity index (χ4n) is 3.24. The highest BCUT2D eigenvalue weighted by Gasteiger charge is 2.21.